The zero-order chi connectivity index (χ0) is 37.5. The van der Waals surface area contributed by atoms with Crippen molar-refractivity contribution in [1.29, 1.82) is 0 Å². The third kappa shape index (κ3) is 5.39. The van der Waals surface area contributed by atoms with Crippen LogP contribution in [0.1, 0.15) is 36.3 Å². The van der Waals surface area contributed by atoms with E-state index < -0.39 is 0 Å². The molecule has 5 aliphatic rings. The maximum absolute atomic E-state index is 5.22. The number of nitrogens with zero attached hydrogens (tertiary/aromatic N) is 2. The van der Waals surface area contributed by atoms with Gasteiger partial charge in [-0.05, 0) is 59.9 Å². The molecule has 5 aromatic carbocycles. The molecule has 6 unspecified atom stereocenters. The summed E-state index contributed by atoms with van der Waals surface area (Å²) < 4.78 is 5.29. The van der Waals surface area contributed by atoms with Crippen molar-refractivity contribution in [3.63, 3.8) is 0 Å². The van der Waals surface area contributed by atoms with E-state index in [1.807, 2.05) is 22.7 Å². The SMILES string of the molecule is C1=CC2C3C=CC=CC3N(c3ccc4sc5cccc(-c6cccc7c6sc6cccc(C8NC(C9=CCCC=C9)=NC(c9ccccc9)N8)c67)c5c4c3)C2C=C1. The summed E-state index contributed by atoms with van der Waals surface area (Å²) in [5.74, 6) is 1.90. The van der Waals surface area contributed by atoms with Crippen molar-refractivity contribution >= 4 is 74.5 Å². The van der Waals surface area contributed by atoms with Crippen LogP contribution >= 0.6 is 22.7 Å². The summed E-state index contributed by atoms with van der Waals surface area (Å²) >= 11 is 3.82. The van der Waals surface area contributed by atoms with Crippen molar-refractivity contribution < 1.29 is 0 Å². The minimum Gasteiger partial charge on any atom is -0.357 e. The first-order valence-corrected chi connectivity index (χ1v) is 21.8. The van der Waals surface area contributed by atoms with Gasteiger partial charge in [0.05, 0.1) is 12.1 Å². The Morgan fingerprint density at radius 3 is 2.19 bits per heavy atom. The molecule has 6 atom stereocenters. The molecule has 12 rings (SSSR count). The quantitative estimate of drug-likeness (QED) is 0.183. The number of rotatable bonds is 5. The van der Waals surface area contributed by atoms with E-state index in [1.54, 1.807) is 0 Å². The molecule has 7 aromatic rings. The minimum atomic E-state index is -0.165. The van der Waals surface area contributed by atoms with Crippen LogP contribution in [0, 0.1) is 11.8 Å². The highest BCUT2D eigenvalue weighted by atomic mass is 32.1. The van der Waals surface area contributed by atoms with Crippen LogP contribution < -0.4 is 15.5 Å². The summed E-state index contributed by atoms with van der Waals surface area (Å²) in [5.41, 5.74) is 7.47. The fraction of sp³-hybridized carbons (Fsp3) is 0.157. The van der Waals surface area contributed by atoms with Gasteiger partial charge in [0.25, 0.3) is 0 Å². The Balaban J connectivity index is 0.989. The first kappa shape index (κ1) is 33.4. The van der Waals surface area contributed by atoms with Crippen LogP contribution in [0.15, 0.2) is 181 Å². The number of hydrogen-bond acceptors (Lipinski definition) is 6. The van der Waals surface area contributed by atoms with Crippen molar-refractivity contribution in [1.82, 2.24) is 10.6 Å². The number of hydrogen-bond donors (Lipinski definition) is 2. The average molecular weight is 773 g/mol. The third-order valence-electron chi connectivity index (χ3n) is 12.6. The summed E-state index contributed by atoms with van der Waals surface area (Å²) in [7, 11) is 0. The lowest BCUT2D eigenvalue weighted by molar-refractivity contribution is 0.411. The van der Waals surface area contributed by atoms with E-state index in [0.717, 1.165) is 24.2 Å². The van der Waals surface area contributed by atoms with Crippen LogP contribution in [0.25, 0.3) is 51.5 Å². The van der Waals surface area contributed by atoms with E-state index in [4.69, 9.17) is 4.99 Å². The van der Waals surface area contributed by atoms with E-state index in [1.165, 1.54) is 68.3 Å². The molecular weight excluding hydrogens is 733 g/mol. The number of aliphatic imine (C=N–C) groups is 1. The summed E-state index contributed by atoms with van der Waals surface area (Å²) in [6.45, 7) is 0. The second-order valence-electron chi connectivity index (χ2n) is 15.7. The Bertz CT molecular complexity index is 2940. The van der Waals surface area contributed by atoms with E-state index in [-0.39, 0.29) is 12.3 Å². The highest BCUT2D eigenvalue weighted by molar-refractivity contribution is 7.27. The normalized spacial score (nSPS) is 24.9. The largest absolute Gasteiger partial charge is 0.357 e. The molecule has 57 heavy (non-hydrogen) atoms. The number of benzene rings is 5. The van der Waals surface area contributed by atoms with Crippen LogP contribution in [0.3, 0.4) is 0 Å². The van der Waals surface area contributed by atoms with Crippen molar-refractivity contribution in [3.8, 4) is 11.1 Å². The number of fused-ring (bicyclic) bond motifs is 9. The minimum absolute atomic E-state index is 0.124. The molecule has 0 bridgehead atoms. The average Bonchev–Trinajstić information content (AvgIpc) is 3.96. The number of allylic oxidation sites excluding steroid dienone is 6. The first-order chi connectivity index (χ1) is 28.3. The zero-order valence-corrected chi connectivity index (χ0v) is 32.9. The Morgan fingerprint density at radius 1 is 0.632 bits per heavy atom. The van der Waals surface area contributed by atoms with Gasteiger partial charge >= 0.3 is 0 Å². The lowest BCUT2D eigenvalue weighted by Gasteiger charge is -2.33. The predicted octanol–water partition coefficient (Wildman–Crippen LogP) is 12.7. The van der Waals surface area contributed by atoms with E-state index in [9.17, 15) is 0 Å². The van der Waals surface area contributed by atoms with Gasteiger partial charge in [0.1, 0.15) is 18.2 Å². The monoisotopic (exact) mass is 772 g/mol. The van der Waals surface area contributed by atoms with Gasteiger partial charge < -0.3 is 10.2 Å². The lowest BCUT2D eigenvalue weighted by Crippen LogP contribution is -2.45. The number of nitrogens with one attached hydrogen (secondary N) is 2. The van der Waals surface area contributed by atoms with Gasteiger partial charge in [0.2, 0.25) is 0 Å². The van der Waals surface area contributed by atoms with Crippen molar-refractivity contribution in [2.75, 3.05) is 4.90 Å². The third-order valence-corrected chi connectivity index (χ3v) is 14.9. The van der Waals surface area contributed by atoms with E-state index >= 15 is 0 Å². The topological polar surface area (TPSA) is 39.7 Å². The molecule has 0 amide bonds. The molecule has 3 aliphatic carbocycles. The number of amidine groups is 1. The Hall–Kier alpha value is -5.79. The van der Waals surface area contributed by atoms with Gasteiger partial charge in [0, 0.05) is 69.0 Å². The maximum Gasteiger partial charge on any atom is 0.131 e. The molecule has 0 saturated carbocycles. The maximum atomic E-state index is 5.22. The molecular formula is C51H40N4S2. The predicted molar refractivity (Wildman–Crippen MR) is 243 cm³/mol. The number of anilines is 1. The molecule has 6 heteroatoms. The van der Waals surface area contributed by atoms with Gasteiger partial charge in [0.15, 0.2) is 0 Å². The highest BCUT2D eigenvalue weighted by Crippen LogP contribution is 2.49. The van der Waals surface area contributed by atoms with E-state index in [2.05, 4.69) is 185 Å². The van der Waals surface area contributed by atoms with Crippen molar-refractivity contribution in [3.05, 3.63) is 187 Å². The molecule has 2 aromatic heterocycles. The fourth-order valence-corrected chi connectivity index (χ4v) is 12.4. The van der Waals surface area contributed by atoms with Gasteiger partial charge in [-0.2, -0.15) is 0 Å². The van der Waals surface area contributed by atoms with Gasteiger partial charge in [-0.1, -0.05) is 140 Å². The van der Waals surface area contributed by atoms with Crippen LogP contribution in [-0.4, -0.2) is 17.9 Å². The van der Waals surface area contributed by atoms with Crippen molar-refractivity contribution in [2.45, 2.75) is 37.3 Å². The Morgan fingerprint density at radius 2 is 1.39 bits per heavy atom. The molecule has 0 spiro atoms. The van der Waals surface area contributed by atoms with Crippen LogP contribution in [0.2, 0.25) is 0 Å². The van der Waals surface area contributed by atoms with Crippen molar-refractivity contribution in [2.24, 2.45) is 16.8 Å². The zero-order valence-electron chi connectivity index (χ0n) is 31.3. The molecule has 1 fully saturated rings. The summed E-state index contributed by atoms with van der Waals surface area (Å²) in [6.07, 6.45) is 27.2. The van der Waals surface area contributed by atoms with Crippen LogP contribution in [0.5, 0.6) is 0 Å². The highest BCUT2D eigenvalue weighted by Gasteiger charge is 2.45. The van der Waals surface area contributed by atoms with E-state index in [0.29, 0.717) is 23.9 Å². The molecule has 276 valence electrons. The molecule has 0 radical (unpaired) electrons. The fourth-order valence-electron chi connectivity index (χ4n) is 10.0. The smallest absolute Gasteiger partial charge is 0.131 e. The van der Waals surface area contributed by atoms with Gasteiger partial charge in [-0.15, -0.1) is 22.7 Å². The molecule has 2 N–H and O–H groups in total. The van der Waals surface area contributed by atoms with Crippen LogP contribution in [0.4, 0.5) is 5.69 Å². The second-order valence-corrected chi connectivity index (χ2v) is 17.9. The van der Waals surface area contributed by atoms with Crippen LogP contribution in [-0.2, 0) is 0 Å². The Labute approximate surface area is 340 Å². The summed E-state index contributed by atoms with van der Waals surface area (Å²) in [6, 6.07) is 39.1. The lowest BCUT2D eigenvalue weighted by atomic mass is 9.83. The molecule has 2 aliphatic heterocycles. The van der Waals surface area contributed by atoms with Gasteiger partial charge in [-0.25, -0.2) is 4.99 Å². The summed E-state index contributed by atoms with van der Waals surface area (Å²) in [4.78, 5) is 7.89. The molecule has 4 nitrogen and oxygen atoms in total. The number of thiophene rings is 2. The Kier molecular flexibility index (Phi) is 7.85. The first-order valence-electron chi connectivity index (χ1n) is 20.2. The standard InChI is InChI=1S/C51H40N4S2/c1-3-14-31(15-4-1)49-52-50(32-16-5-2-6-17-32)54-51(53-49)39-23-13-27-45-47(39)38-22-11-21-37(48(38)57-45)36-20-12-26-44-46(36)40-30-33(28-29-43(40)56-44)55-41-24-9-7-18-34(41)35-19-8-10-25-42(35)55/h1,3-5,7-30,34-35,41-42,49,51,53H,2,6H2,(H,52,54). The molecule has 4 heterocycles. The van der Waals surface area contributed by atoms with Gasteiger partial charge in [-0.3, -0.25) is 5.32 Å². The summed E-state index contributed by atoms with van der Waals surface area (Å²) in [5, 5.41) is 13.0. The second kappa shape index (κ2) is 13.4. The molecule has 1 saturated heterocycles.